The van der Waals surface area contributed by atoms with Gasteiger partial charge in [-0.1, -0.05) is 19.1 Å². The van der Waals surface area contributed by atoms with Gasteiger partial charge in [0, 0.05) is 12.1 Å². The topological polar surface area (TPSA) is 121 Å². The van der Waals surface area contributed by atoms with Crippen molar-refractivity contribution in [2.75, 3.05) is 0 Å². The lowest BCUT2D eigenvalue weighted by Crippen LogP contribution is -2.30. The summed E-state index contributed by atoms with van der Waals surface area (Å²) in [5.74, 6) is -0.618. The molecule has 3 N–H and O–H groups in total. The van der Waals surface area contributed by atoms with E-state index in [1.165, 1.54) is 16.7 Å². The highest BCUT2D eigenvalue weighted by Crippen LogP contribution is 2.19. The SMILES string of the molecule is CCCn1c(=O)[nH]c(=O)c2[nH]c(-c3ccc(C(=O)O)cc3)nc21. The van der Waals surface area contributed by atoms with Crippen LogP contribution < -0.4 is 11.2 Å². The molecule has 0 atom stereocenters. The summed E-state index contributed by atoms with van der Waals surface area (Å²) in [5, 5.41) is 8.92. The zero-order chi connectivity index (χ0) is 16.6. The van der Waals surface area contributed by atoms with Gasteiger partial charge in [0.05, 0.1) is 5.56 Å². The van der Waals surface area contributed by atoms with Crippen LogP contribution in [-0.4, -0.2) is 30.6 Å². The molecule has 0 aliphatic rings. The Morgan fingerprint density at radius 1 is 1.22 bits per heavy atom. The smallest absolute Gasteiger partial charge is 0.335 e. The summed E-state index contributed by atoms with van der Waals surface area (Å²) in [6.07, 6.45) is 0.719. The quantitative estimate of drug-likeness (QED) is 0.668. The molecule has 23 heavy (non-hydrogen) atoms. The number of imidazole rings is 1. The second-order valence-corrected chi connectivity index (χ2v) is 5.08. The van der Waals surface area contributed by atoms with E-state index < -0.39 is 17.2 Å². The Morgan fingerprint density at radius 2 is 1.91 bits per heavy atom. The lowest BCUT2D eigenvalue weighted by molar-refractivity contribution is 0.0697. The van der Waals surface area contributed by atoms with Gasteiger partial charge in [0.25, 0.3) is 5.56 Å². The molecule has 0 amide bonds. The lowest BCUT2D eigenvalue weighted by atomic mass is 10.1. The normalized spacial score (nSPS) is 11.0. The maximum absolute atomic E-state index is 11.9. The first-order chi connectivity index (χ1) is 11.0. The third-order valence-electron chi connectivity index (χ3n) is 3.49. The minimum Gasteiger partial charge on any atom is -0.478 e. The third-order valence-corrected chi connectivity index (χ3v) is 3.49. The summed E-state index contributed by atoms with van der Waals surface area (Å²) in [7, 11) is 0. The Kier molecular flexibility index (Phi) is 3.57. The molecule has 2 heterocycles. The zero-order valence-electron chi connectivity index (χ0n) is 12.3. The number of rotatable bonds is 4. The van der Waals surface area contributed by atoms with Gasteiger partial charge >= 0.3 is 11.7 Å². The van der Waals surface area contributed by atoms with Crippen LogP contribution >= 0.6 is 0 Å². The third kappa shape index (κ3) is 2.54. The number of aromatic carboxylic acids is 1. The lowest BCUT2D eigenvalue weighted by Gasteiger charge is -2.02. The number of carboxylic acid groups (broad SMARTS) is 1. The number of hydrogen-bond acceptors (Lipinski definition) is 4. The van der Waals surface area contributed by atoms with E-state index in [0.717, 1.165) is 6.42 Å². The van der Waals surface area contributed by atoms with Crippen molar-refractivity contribution >= 4 is 17.1 Å². The van der Waals surface area contributed by atoms with E-state index in [1.807, 2.05) is 6.92 Å². The molecule has 0 fully saturated rings. The van der Waals surface area contributed by atoms with Crippen LogP contribution in [0.15, 0.2) is 33.9 Å². The number of nitrogens with one attached hydrogen (secondary N) is 2. The molecule has 0 radical (unpaired) electrons. The fourth-order valence-electron chi connectivity index (χ4n) is 2.38. The largest absolute Gasteiger partial charge is 0.478 e. The molecule has 0 unspecified atom stereocenters. The van der Waals surface area contributed by atoms with Crippen LogP contribution in [0.25, 0.3) is 22.6 Å². The Bertz CT molecular complexity index is 995. The van der Waals surface area contributed by atoms with Gasteiger partial charge in [-0.25, -0.2) is 14.6 Å². The molecule has 0 bridgehead atoms. The van der Waals surface area contributed by atoms with Crippen molar-refractivity contribution < 1.29 is 9.90 Å². The van der Waals surface area contributed by atoms with Crippen LogP contribution in [0.4, 0.5) is 0 Å². The first kappa shape index (κ1) is 14.8. The number of carbonyl (C=O) groups is 1. The van der Waals surface area contributed by atoms with E-state index in [-0.39, 0.29) is 16.7 Å². The molecule has 0 saturated heterocycles. The van der Waals surface area contributed by atoms with Crippen molar-refractivity contribution in [1.82, 2.24) is 19.5 Å². The molecule has 2 aromatic heterocycles. The van der Waals surface area contributed by atoms with Crippen LogP contribution in [0.3, 0.4) is 0 Å². The van der Waals surface area contributed by atoms with Crippen LogP contribution in [0.2, 0.25) is 0 Å². The summed E-state index contributed by atoms with van der Waals surface area (Å²) >= 11 is 0. The first-order valence-electron chi connectivity index (χ1n) is 7.08. The number of aromatic nitrogens is 4. The fourth-order valence-corrected chi connectivity index (χ4v) is 2.38. The van der Waals surface area contributed by atoms with Crippen LogP contribution in [0.1, 0.15) is 23.7 Å². The second-order valence-electron chi connectivity index (χ2n) is 5.08. The molecule has 3 aromatic rings. The Labute approximate surface area is 129 Å². The van der Waals surface area contributed by atoms with Crippen molar-refractivity contribution in [1.29, 1.82) is 0 Å². The second kappa shape index (κ2) is 5.56. The number of benzene rings is 1. The first-order valence-corrected chi connectivity index (χ1v) is 7.08. The van der Waals surface area contributed by atoms with Crippen molar-refractivity contribution in [3.8, 4) is 11.4 Å². The number of fused-ring (bicyclic) bond motifs is 1. The fraction of sp³-hybridized carbons (Fsp3) is 0.200. The predicted molar refractivity (Wildman–Crippen MR) is 83.7 cm³/mol. The van der Waals surface area contributed by atoms with Crippen molar-refractivity contribution in [2.45, 2.75) is 19.9 Å². The van der Waals surface area contributed by atoms with E-state index in [2.05, 4.69) is 15.0 Å². The highest BCUT2D eigenvalue weighted by Gasteiger charge is 2.14. The number of H-pyrrole nitrogens is 2. The number of aryl methyl sites for hydroxylation is 1. The van der Waals surface area contributed by atoms with Gasteiger partial charge in [-0.15, -0.1) is 0 Å². The van der Waals surface area contributed by atoms with E-state index in [0.29, 0.717) is 17.9 Å². The van der Waals surface area contributed by atoms with E-state index in [9.17, 15) is 14.4 Å². The van der Waals surface area contributed by atoms with Crippen LogP contribution in [-0.2, 0) is 6.54 Å². The summed E-state index contributed by atoms with van der Waals surface area (Å²) < 4.78 is 1.41. The van der Waals surface area contributed by atoms with E-state index in [1.54, 1.807) is 12.1 Å². The summed E-state index contributed by atoms with van der Waals surface area (Å²) in [6, 6.07) is 6.09. The minimum absolute atomic E-state index is 0.158. The zero-order valence-corrected chi connectivity index (χ0v) is 12.3. The Morgan fingerprint density at radius 3 is 2.52 bits per heavy atom. The molecule has 1 aromatic carbocycles. The minimum atomic E-state index is -1.02. The molecule has 8 heteroatoms. The predicted octanol–water partition coefficient (Wildman–Crippen LogP) is 1.19. The van der Waals surface area contributed by atoms with Gasteiger partial charge in [-0.2, -0.15) is 0 Å². The molecule has 3 rings (SSSR count). The molecular weight excluding hydrogens is 300 g/mol. The van der Waals surface area contributed by atoms with Crippen molar-refractivity contribution in [3.05, 3.63) is 50.7 Å². The summed E-state index contributed by atoms with van der Waals surface area (Å²) in [4.78, 5) is 44.2. The van der Waals surface area contributed by atoms with Crippen LogP contribution in [0.5, 0.6) is 0 Å². The number of carboxylic acids is 1. The highest BCUT2D eigenvalue weighted by atomic mass is 16.4. The molecule has 8 nitrogen and oxygen atoms in total. The summed E-state index contributed by atoms with van der Waals surface area (Å²) in [5.41, 5.74) is 0.266. The van der Waals surface area contributed by atoms with Gasteiger partial charge in [0.1, 0.15) is 11.3 Å². The summed E-state index contributed by atoms with van der Waals surface area (Å²) in [6.45, 7) is 2.36. The molecular formula is C15H14N4O4. The monoisotopic (exact) mass is 314 g/mol. The van der Waals surface area contributed by atoms with Crippen molar-refractivity contribution in [2.24, 2.45) is 0 Å². The van der Waals surface area contributed by atoms with E-state index in [4.69, 9.17) is 5.11 Å². The molecule has 0 spiro atoms. The van der Waals surface area contributed by atoms with Gasteiger partial charge in [0.2, 0.25) is 0 Å². The Balaban J connectivity index is 2.18. The van der Waals surface area contributed by atoms with Gasteiger partial charge in [-0.05, 0) is 18.6 Å². The molecule has 118 valence electrons. The van der Waals surface area contributed by atoms with Gasteiger partial charge in [0.15, 0.2) is 5.65 Å². The Hall–Kier alpha value is -3.16. The molecule has 0 aliphatic heterocycles. The number of nitrogens with zero attached hydrogens (tertiary/aromatic N) is 2. The maximum atomic E-state index is 11.9. The average molecular weight is 314 g/mol. The van der Waals surface area contributed by atoms with Crippen molar-refractivity contribution in [3.63, 3.8) is 0 Å². The van der Waals surface area contributed by atoms with Gasteiger partial charge < -0.3 is 10.1 Å². The highest BCUT2D eigenvalue weighted by molar-refractivity contribution is 5.88. The maximum Gasteiger partial charge on any atom is 0.335 e. The van der Waals surface area contributed by atoms with E-state index >= 15 is 0 Å². The van der Waals surface area contributed by atoms with Gasteiger partial charge in [-0.3, -0.25) is 14.3 Å². The molecule has 0 aliphatic carbocycles. The van der Waals surface area contributed by atoms with Crippen LogP contribution in [0, 0.1) is 0 Å². The number of aromatic amines is 2. The molecule has 0 saturated carbocycles. The number of hydrogen-bond donors (Lipinski definition) is 3. The standard InChI is InChI=1S/C15H14N4O4/c1-2-7-19-12-10(13(20)18-15(19)23)16-11(17-12)8-3-5-9(6-4-8)14(21)22/h3-6H,2,7H2,1H3,(H,16,17)(H,21,22)(H,18,20,23). The average Bonchev–Trinajstić information content (AvgIpc) is 2.97.